The van der Waals surface area contributed by atoms with E-state index in [4.69, 9.17) is 22.2 Å². The molecule has 0 aliphatic carbocycles. The molecule has 2 rings (SSSR count). The predicted molar refractivity (Wildman–Crippen MR) is 67.6 cm³/mol. The van der Waals surface area contributed by atoms with Crippen molar-refractivity contribution in [1.29, 1.82) is 0 Å². The number of halogens is 1. The van der Waals surface area contributed by atoms with E-state index in [1.807, 2.05) is 20.9 Å². The van der Waals surface area contributed by atoms with Gasteiger partial charge in [-0.3, -0.25) is 10.1 Å². The van der Waals surface area contributed by atoms with Gasteiger partial charge in [0.25, 0.3) is 0 Å². The van der Waals surface area contributed by atoms with E-state index < -0.39 is 0 Å². The molecule has 8 heteroatoms. The lowest BCUT2D eigenvalue weighted by molar-refractivity contribution is 0.455. The minimum atomic E-state index is 0.230. The van der Waals surface area contributed by atoms with Gasteiger partial charge in [-0.1, -0.05) is 11.6 Å². The van der Waals surface area contributed by atoms with Crippen molar-refractivity contribution in [2.45, 2.75) is 13.8 Å². The number of aromatic nitrogens is 4. The van der Waals surface area contributed by atoms with Gasteiger partial charge in [0.1, 0.15) is 10.7 Å². The number of nitrogen functional groups attached to an aromatic ring is 1. The van der Waals surface area contributed by atoms with Crippen LogP contribution in [0.5, 0.6) is 11.6 Å². The van der Waals surface area contributed by atoms with E-state index in [1.165, 1.54) is 6.20 Å². The first-order chi connectivity index (χ1) is 8.52. The first-order valence-corrected chi connectivity index (χ1v) is 5.58. The zero-order valence-electron chi connectivity index (χ0n) is 10.2. The van der Waals surface area contributed by atoms with Crippen LogP contribution in [0.15, 0.2) is 6.20 Å². The second-order valence-electron chi connectivity index (χ2n) is 3.72. The summed E-state index contributed by atoms with van der Waals surface area (Å²) in [5.41, 5.74) is 3.97. The number of hydrogen-bond acceptors (Lipinski definition) is 6. The van der Waals surface area contributed by atoms with E-state index in [0.29, 0.717) is 10.8 Å². The van der Waals surface area contributed by atoms with E-state index in [9.17, 15) is 0 Å². The maximum atomic E-state index is 5.97. The molecule has 96 valence electrons. The molecule has 0 atom stereocenters. The maximum absolute atomic E-state index is 5.97. The Kier molecular flexibility index (Phi) is 3.35. The van der Waals surface area contributed by atoms with Crippen LogP contribution in [-0.2, 0) is 7.05 Å². The van der Waals surface area contributed by atoms with Gasteiger partial charge in [0, 0.05) is 7.05 Å². The molecule has 2 aromatic heterocycles. The van der Waals surface area contributed by atoms with E-state index in [-0.39, 0.29) is 11.8 Å². The lowest BCUT2D eigenvalue weighted by Crippen LogP contribution is -2.10. The number of nitrogens with two attached hydrogens (primary N) is 1. The summed E-state index contributed by atoms with van der Waals surface area (Å²) in [5.74, 6) is 6.33. The van der Waals surface area contributed by atoms with Crippen molar-refractivity contribution in [2.75, 3.05) is 5.43 Å². The van der Waals surface area contributed by atoms with Crippen LogP contribution < -0.4 is 16.0 Å². The number of nitrogens with zero attached hydrogens (tertiary/aromatic N) is 4. The van der Waals surface area contributed by atoms with Crippen LogP contribution >= 0.6 is 11.6 Å². The van der Waals surface area contributed by atoms with Crippen LogP contribution in [0.4, 0.5) is 5.95 Å². The quantitative estimate of drug-likeness (QED) is 0.648. The molecule has 18 heavy (non-hydrogen) atoms. The van der Waals surface area contributed by atoms with Gasteiger partial charge in [0.05, 0.1) is 11.9 Å². The Labute approximate surface area is 109 Å². The normalized spacial score (nSPS) is 10.5. The number of rotatable bonds is 3. The average molecular weight is 269 g/mol. The van der Waals surface area contributed by atoms with Gasteiger partial charge in [-0.15, -0.1) is 0 Å². The largest absolute Gasteiger partial charge is 0.433 e. The minimum Gasteiger partial charge on any atom is -0.433 e. The summed E-state index contributed by atoms with van der Waals surface area (Å²) in [4.78, 5) is 7.91. The van der Waals surface area contributed by atoms with Gasteiger partial charge < -0.3 is 4.74 Å². The Morgan fingerprint density at radius 3 is 2.72 bits per heavy atom. The third-order valence-corrected chi connectivity index (χ3v) is 2.74. The van der Waals surface area contributed by atoms with Crippen molar-refractivity contribution in [3.8, 4) is 11.6 Å². The van der Waals surface area contributed by atoms with Gasteiger partial charge >= 0.3 is 0 Å². The summed E-state index contributed by atoms with van der Waals surface area (Å²) in [6, 6.07) is 0. The maximum Gasteiger partial charge on any atom is 0.243 e. The molecule has 0 unspecified atom stereocenters. The molecule has 0 aliphatic rings. The molecule has 0 amide bonds. The van der Waals surface area contributed by atoms with Crippen molar-refractivity contribution in [1.82, 2.24) is 19.7 Å². The smallest absolute Gasteiger partial charge is 0.243 e. The third-order valence-electron chi connectivity index (χ3n) is 2.48. The lowest BCUT2D eigenvalue weighted by Gasteiger charge is -2.07. The molecule has 0 spiro atoms. The second-order valence-corrected chi connectivity index (χ2v) is 4.12. The summed E-state index contributed by atoms with van der Waals surface area (Å²) in [6.07, 6.45) is 1.42. The molecular weight excluding hydrogens is 256 g/mol. The first kappa shape index (κ1) is 12.6. The van der Waals surface area contributed by atoms with Crippen molar-refractivity contribution in [3.05, 3.63) is 22.6 Å². The third kappa shape index (κ3) is 2.22. The Morgan fingerprint density at radius 1 is 1.44 bits per heavy atom. The van der Waals surface area contributed by atoms with E-state index in [2.05, 4.69) is 20.5 Å². The number of aryl methyl sites for hydroxylation is 2. The highest BCUT2D eigenvalue weighted by atomic mass is 35.5. The number of hydrazine groups is 1. The molecule has 0 saturated carbocycles. The van der Waals surface area contributed by atoms with Gasteiger partial charge in [0.15, 0.2) is 5.75 Å². The Hall–Kier alpha value is -1.86. The molecular formula is C10H13ClN6O. The fraction of sp³-hybridized carbons (Fsp3) is 0.300. The number of ether oxygens (including phenoxy) is 1. The zero-order valence-corrected chi connectivity index (χ0v) is 11.0. The fourth-order valence-electron chi connectivity index (χ4n) is 1.49. The molecule has 3 N–H and O–H groups in total. The van der Waals surface area contributed by atoms with Gasteiger partial charge in [-0.05, 0) is 13.8 Å². The minimum absolute atomic E-state index is 0.230. The number of anilines is 1. The predicted octanol–water partition coefficient (Wildman–Crippen LogP) is 1.56. The molecule has 0 fully saturated rings. The Morgan fingerprint density at radius 2 is 2.17 bits per heavy atom. The van der Waals surface area contributed by atoms with Gasteiger partial charge in [0.2, 0.25) is 11.8 Å². The van der Waals surface area contributed by atoms with Crippen LogP contribution in [0.1, 0.15) is 11.4 Å². The van der Waals surface area contributed by atoms with Gasteiger partial charge in [-0.25, -0.2) is 10.8 Å². The fourth-order valence-corrected chi connectivity index (χ4v) is 1.62. The SMILES string of the molecule is Cc1nn(C)c(C)c1Oc1nc(NN)ncc1Cl. The van der Waals surface area contributed by atoms with Crippen molar-refractivity contribution in [2.24, 2.45) is 12.9 Å². The standard InChI is InChI=1S/C10H13ClN6O/c1-5-8(6(2)17(3)16-5)18-9-7(11)4-13-10(14-9)15-12/h4H,12H2,1-3H3,(H,13,14,15). The van der Waals surface area contributed by atoms with Crippen molar-refractivity contribution < 1.29 is 4.74 Å². The summed E-state index contributed by atoms with van der Waals surface area (Å²) in [5, 5.41) is 4.55. The summed E-state index contributed by atoms with van der Waals surface area (Å²) in [7, 11) is 1.84. The highest BCUT2D eigenvalue weighted by molar-refractivity contribution is 6.31. The molecule has 0 radical (unpaired) electrons. The van der Waals surface area contributed by atoms with Gasteiger partial charge in [-0.2, -0.15) is 10.1 Å². The summed E-state index contributed by atoms with van der Waals surface area (Å²) >= 11 is 5.97. The van der Waals surface area contributed by atoms with Crippen LogP contribution in [0.2, 0.25) is 5.02 Å². The van der Waals surface area contributed by atoms with E-state index in [0.717, 1.165) is 11.4 Å². The number of nitrogens with one attached hydrogen (secondary N) is 1. The van der Waals surface area contributed by atoms with Crippen LogP contribution in [0.3, 0.4) is 0 Å². The van der Waals surface area contributed by atoms with Crippen molar-refractivity contribution in [3.63, 3.8) is 0 Å². The molecule has 0 aliphatic heterocycles. The lowest BCUT2D eigenvalue weighted by atomic mass is 10.3. The first-order valence-electron chi connectivity index (χ1n) is 5.20. The van der Waals surface area contributed by atoms with E-state index in [1.54, 1.807) is 4.68 Å². The molecule has 7 nitrogen and oxygen atoms in total. The van der Waals surface area contributed by atoms with Crippen LogP contribution in [-0.4, -0.2) is 19.7 Å². The van der Waals surface area contributed by atoms with E-state index >= 15 is 0 Å². The Bertz CT molecular complexity index is 582. The topological polar surface area (TPSA) is 90.9 Å². The second kappa shape index (κ2) is 4.79. The average Bonchev–Trinajstić information content (AvgIpc) is 2.58. The van der Waals surface area contributed by atoms with Crippen LogP contribution in [0.25, 0.3) is 0 Å². The molecule has 2 aromatic rings. The molecule has 0 bridgehead atoms. The summed E-state index contributed by atoms with van der Waals surface area (Å²) in [6.45, 7) is 3.74. The molecule has 0 saturated heterocycles. The summed E-state index contributed by atoms with van der Waals surface area (Å²) < 4.78 is 7.40. The highest BCUT2D eigenvalue weighted by Crippen LogP contribution is 2.31. The zero-order chi connectivity index (χ0) is 13.3. The molecule has 2 heterocycles. The van der Waals surface area contributed by atoms with Crippen LogP contribution in [0, 0.1) is 13.8 Å². The highest BCUT2D eigenvalue weighted by Gasteiger charge is 2.15. The molecule has 0 aromatic carbocycles. The monoisotopic (exact) mass is 268 g/mol. The van der Waals surface area contributed by atoms with Crippen molar-refractivity contribution >= 4 is 17.5 Å². The Balaban J connectivity index is 2.39. The number of hydrogen-bond donors (Lipinski definition) is 2.